The van der Waals surface area contributed by atoms with Crippen LogP contribution < -0.4 is 16.4 Å². The van der Waals surface area contributed by atoms with Crippen LogP contribution in [0, 0.1) is 17.0 Å². The van der Waals surface area contributed by atoms with E-state index in [1.165, 1.54) is 48.2 Å². The van der Waals surface area contributed by atoms with E-state index in [2.05, 4.69) is 20.9 Å². The van der Waals surface area contributed by atoms with Crippen molar-refractivity contribution in [2.75, 3.05) is 33.6 Å². The summed E-state index contributed by atoms with van der Waals surface area (Å²) in [7, 11) is 4.67. The van der Waals surface area contributed by atoms with Crippen molar-refractivity contribution in [2.24, 2.45) is 10.4 Å². The molecule has 2 atom stereocenters. The SMILES string of the molecule is CNN(C)C(c1ccc(SCCCCn2nc(C3=CC=C(OC)N4NC(C(F)(F)F)N=C34)ccc2=O)c(F)c1F)C(C)(C)CO. The van der Waals surface area contributed by atoms with Crippen molar-refractivity contribution < 1.29 is 31.8 Å². The summed E-state index contributed by atoms with van der Waals surface area (Å²) in [4.78, 5) is 16.4. The molecule has 10 nitrogen and oxygen atoms in total. The van der Waals surface area contributed by atoms with Gasteiger partial charge in [0.2, 0.25) is 12.0 Å². The van der Waals surface area contributed by atoms with Crippen molar-refractivity contribution in [1.29, 1.82) is 0 Å². The fourth-order valence-corrected chi connectivity index (χ4v) is 6.05. The van der Waals surface area contributed by atoms with Crippen LogP contribution in [0.2, 0.25) is 0 Å². The lowest BCUT2D eigenvalue weighted by atomic mass is 9.80. The maximum absolute atomic E-state index is 15.3. The minimum absolute atomic E-state index is 0.0464. The van der Waals surface area contributed by atoms with Crippen LogP contribution in [0.25, 0.3) is 5.57 Å². The van der Waals surface area contributed by atoms with Crippen LogP contribution in [-0.2, 0) is 11.3 Å². The number of alkyl halides is 3. The molecule has 1 aromatic heterocycles. The fraction of sp³-hybridized carbons (Fsp3) is 0.483. The predicted octanol–water partition coefficient (Wildman–Crippen LogP) is 4.21. The van der Waals surface area contributed by atoms with Crippen molar-refractivity contribution in [3.8, 4) is 0 Å². The number of amidine groups is 1. The van der Waals surface area contributed by atoms with Gasteiger partial charge >= 0.3 is 6.18 Å². The lowest BCUT2D eigenvalue weighted by Gasteiger charge is -2.39. The number of fused-ring (bicyclic) bond motifs is 1. The molecular weight excluding hydrogens is 621 g/mol. The number of aliphatic imine (C=N–C) groups is 1. The van der Waals surface area contributed by atoms with Crippen molar-refractivity contribution in [3.05, 3.63) is 75.5 Å². The smallest absolute Gasteiger partial charge is 0.425 e. The summed E-state index contributed by atoms with van der Waals surface area (Å²) < 4.78 is 76.9. The minimum atomic E-state index is -4.64. The largest absolute Gasteiger partial charge is 0.481 e. The molecule has 2 aromatic rings. The fourth-order valence-electron chi connectivity index (χ4n) is 5.10. The first-order chi connectivity index (χ1) is 21.2. The molecule has 246 valence electrons. The summed E-state index contributed by atoms with van der Waals surface area (Å²) in [6, 6.07) is 5.09. The highest BCUT2D eigenvalue weighted by Gasteiger charge is 2.47. The van der Waals surface area contributed by atoms with Gasteiger partial charge in [-0.25, -0.2) is 28.5 Å². The molecule has 4 rings (SSSR count). The number of rotatable bonds is 13. The van der Waals surface area contributed by atoms with Gasteiger partial charge < -0.3 is 9.84 Å². The number of aliphatic hydroxyl groups is 1. The van der Waals surface area contributed by atoms with Gasteiger partial charge in [-0.15, -0.1) is 11.8 Å². The Balaban J connectivity index is 1.42. The average Bonchev–Trinajstić information content (AvgIpc) is 3.47. The molecule has 0 aliphatic carbocycles. The van der Waals surface area contributed by atoms with Gasteiger partial charge in [0.05, 0.1) is 25.5 Å². The van der Waals surface area contributed by atoms with Crippen LogP contribution in [-0.4, -0.2) is 76.6 Å². The molecule has 0 radical (unpaired) electrons. The van der Waals surface area contributed by atoms with Crippen molar-refractivity contribution >= 4 is 23.2 Å². The second-order valence-corrected chi connectivity index (χ2v) is 12.3. The standard InChI is InChI=1S/C29H36F5N7O3S/c1-28(2,16-42)25(39(4)35-3)18-8-11-20(24(31)23(18)30)45-15-7-6-14-40-21(43)12-10-19(37-40)17-9-13-22(44-5)41-26(17)36-27(38-41)29(32,33)34/h8-13,25,27,35,38,42H,6-7,14-16H2,1-5H3. The number of aromatic nitrogens is 2. The number of benzene rings is 1. The van der Waals surface area contributed by atoms with Crippen LogP contribution in [0.3, 0.4) is 0 Å². The molecule has 0 saturated heterocycles. The number of aryl methyl sites for hydroxylation is 1. The first-order valence-corrected chi connectivity index (χ1v) is 15.1. The molecule has 0 spiro atoms. The van der Waals surface area contributed by atoms with E-state index in [1.54, 1.807) is 33.0 Å². The Morgan fingerprint density at radius 3 is 2.53 bits per heavy atom. The average molecular weight is 658 g/mol. The van der Waals surface area contributed by atoms with Gasteiger partial charge in [0.15, 0.2) is 17.5 Å². The van der Waals surface area contributed by atoms with E-state index in [0.717, 1.165) is 16.8 Å². The Hall–Kier alpha value is -3.31. The van der Waals surface area contributed by atoms with E-state index >= 15 is 8.78 Å². The van der Waals surface area contributed by atoms with E-state index in [-0.39, 0.29) is 46.6 Å². The molecule has 0 saturated carbocycles. The highest BCUT2D eigenvalue weighted by atomic mass is 32.2. The third kappa shape index (κ3) is 7.41. The Labute approximate surface area is 261 Å². The number of hydrazine groups is 2. The predicted molar refractivity (Wildman–Crippen MR) is 161 cm³/mol. The molecule has 3 heterocycles. The van der Waals surface area contributed by atoms with Gasteiger partial charge in [-0.2, -0.15) is 23.7 Å². The van der Waals surface area contributed by atoms with Crippen LogP contribution in [0.4, 0.5) is 22.0 Å². The Morgan fingerprint density at radius 2 is 1.89 bits per heavy atom. The second kappa shape index (κ2) is 14.0. The van der Waals surface area contributed by atoms with Gasteiger partial charge in [0.1, 0.15) is 0 Å². The first kappa shape index (κ1) is 34.6. The van der Waals surface area contributed by atoms with E-state index < -0.39 is 41.0 Å². The zero-order valence-electron chi connectivity index (χ0n) is 25.5. The number of halogens is 5. The zero-order valence-corrected chi connectivity index (χ0v) is 26.3. The number of allylic oxidation sites excluding steroid dienone is 2. The van der Waals surface area contributed by atoms with E-state index in [1.807, 2.05) is 0 Å². The van der Waals surface area contributed by atoms with Crippen LogP contribution in [0.5, 0.6) is 0 Å². The topological polar surface area (TPSA) is 107 Å². The van der Waals surface area contributed by atoms with Crippen LogP contribution >= 0.6 is 11.8 Å². The molecule has 3 N–H and O–H groups in total. The first-order valence-electron chi connectivity index (χ1n) is 14.1. The number of nitrogens with zero attached hydrogens (tertiary/aromatic N) is 5. The van der Waals surface area contributed by atoms with Crippen molar-refractivity contribution in [1.82, 2.24) is 30.6 Å². The lowest BCUT2D eigenvalue weighted by molar-refractivity contribution is -0.157. The molecule has 2 aliphatic heterocycles. The zero-order chi connectivity index (χ0) is 33.1. The van der Waals surface area contributed by atoms with Crippen molar-refractivity contribution in [2.45, 2.75) is 56.5 Å². The molecule has 16 heteroatoms. The number of hydrogen-bond donors (Lipinski definition) is 3. The molecule has 0 bridgehead atoms. The highest BCUT2D eigenvalue weighted by Crippen LogP contribution is 2.40. The lowest BCUT2D eigenvalue weighted by Crippen LogP contribution is -2.46. The van der Waals surface area contributed by atoms with Crippen molar-refractivity contribution in [3.63, 3.8) is 0 Å². The quantitative estimate of drug-likeness (QED) is 0.126. The number of thioether (sulfide) groups is 1. The summed E-state index contributed by atoms with van der Waals surface area (Å²) in [5, 5.41) is 16.9. The maximum Gasteiger partial charge on any atom is 0.425 e. The van der Waals surface area contributed by atoms with E-state index in [0.29, 0.717) is 18.6 Å². The summed E-state index contributed by atoms with van der Waals surface area (Å²) in [5.41, 5.74) is 4.63. The molecule has 0 amide bonds. The Kier molecular flexibility index (Phi) is 10.7. The Bertz CT molecular complexity index is 1540. The highest BCUT2D eigenvalue weighted by molar-refractivity contribution is 7.99. The number of methoxy groups -OCH3 is 1. The molecular formula is C29H36F5N7O3S. The molecule has 2 aliphatic rings. The van der Waals surface area contributed by atoms with Crippen LogP contribution in [0.1, 0.15) is 44.0 Å². The third-order valence-corrected chi connectivity index (χ3v) is 8.63. The normalized spacial score (nSPS) is 17.6. The number of hydrogen-bond acceptors (Lipinski definition) is 10. The van der Waals surface area contributed by atoms with E-state index in [4.69, 9.17) is 4.74 Å². The number of aliphatic hydroxyl groups excluding tert-OH is 1. The van der Waals surface area contributed by atoms with Gasteiger partial charge in [-0.05, 0) is 43.9 Å². The van der Waals surface area contributed by atoms with Gasteiger partial charge in [0.25, 0.3) is 5.56 Å². The molecule has 2 unspecified atom stereocenters. The second-order valence-electron chi connectivity index (χ2n) is 11.2. The van der Waals surface area contributed by atoms with E-state index in [9.17, 15) is 23.1 Å². The van der Waals surface area contributed by atoms with Crippen LogP contribution in [0.15, 0.2) is 57.0 Å². The molecule has 1 aromatic carbocycles. The van der Waals surface area contributed by atoms with Gasteiger partial charge in [-0.1, -0.05) is 19.9 Å². The molecule has 0 fully saturated rings. The number of unbranched alkanes of at least 4 members (excludes halogenated alkanes) is 1. The minimum Gasteiger partial charge on any atom is -0.481 e. The summed E-state index contributed by atoms with van der Waals surface area (Å²) in [6.07, 6.45) is -2.82. The number of ether oxygens (including phenoxy) is 1. The summed E-state index contributed by atoms with van der Waals surface area (Å²) in [5.74, 6) is -1.45. The monoisotopic (exact) mass is 657 g/mol. The summed E-state index contributed by atoms with van der Waals surface area (Å²) in [6.45, 7) is 3.48. The third-order valence-electron chi connectivity index (χ3n) is 7.51. The van der Waals surface area contributed by atoms with Gasteiger partial charge in [0, 0.05) is 47.2 Å². The maximum atomic E-state index is 15.3. The Morgan fingerprint density at radius 1 is 1.16 bits per heavy atom. The summed E-state index contributed by atoms with van der Waals surface area (Å²) >= 11 is 1.14. The van der Waals surface area contributed by atoms with Gasteiger partial charge in [-0.3, -0.25) is 10.2 Å². The molecule has 45 heavy (non-hydrogen) atoms. The number of nitrogens with one attached hydrogen (secondary N) is 2.